The number of nitrogens with zero attached hydrogens (tertiary/aromatic N) is 4. The summed E-state index contributed by atoms with van der Waals surface area (Å²) in [6.45, 7) is 1.89. The minimum Gasteiger partial charge on any atom is -0.336 e. The maximum absolute atomic E-state index is 13.7. The average Bonchev–Trinajstić information content (AvgIpc) is 3.74. The third-order valence-corrected chi connectivity index (χ3v) is 8.24. The molecule has 1 saturated carbocycles. The highest BCUT2D eigenvalue weighted by atomic mass is 32.1. The van der Waals surface area contributed by atoms with Crippen LogP contribution in [-0.2, 0) is 6.54 Å². The van der Waals surface area contributed by atoms with Crippen molar-refractivity contribution in [2.24, 2.45) is 5.92 Å². The number of aromatic amines is 2. The topological polar surface area (TPSA) is 95.2 Å². The van der Waals surface area contributed by atoms with Crippen LogP contribution in [-0.4, -0.2) is 36.7 Å². The van der Waals surface area contributed by atoms with Gasteiger partial charge >= 0.3 is 0 Å². The van der Waals surface area contributed by atoms with E-state index in [9.17, 15) is 4.39 Å². The fraction of sp³-hybridized carbons (Fsp3) is 0.241. The fourth-order valence-electron chi connectivity index (χ4n) is 5.42. The zero-order valence-electron chi connectivity index (χ0n) is 20.7. The van der Waals surface area contributed by atoms with Crippen LogP contribution in [0, 0.1) is 11.0 Å². The van der Waals surface area contributed by atoms with Crippen LogP contribution in [0.1, 0.15) is 31.2 Å². The van der Waals surface area contributed by atoms with E-state index >= 15 is 0 Å². The lowest BCUT2D eigenvalue weighted by Crippen LogP contribution is -2.20. The molecule has 5 aromatic heterocycles. The standard InChI is InChI=1S/C29H26FN7S/c30-25-8-7-24(38-25)28-27-23(9-10-33-28)34-29(35-27)26-21-12-19(5-6-22(21)36-37-26)20-11-18(15-32-16-20)14-31-13-17-3-1-2-4-17/h5-12,15-17,31H,1-4,13-14H2,(H,34,35)(H,36,37). The average molecular weight is 524 g/mol. The summed E-state index contributed by atoms with van der Waals surface area (Å²) in [4.78, 5) is 17.9. The van der Waals surface area contributed by atoms with Gasteiger partial charge in [0.15, 0.2) is 11.0 Å². The predicted octanol–water partition coefficient (Wildman–Crippen LogP) is 6.71. The molecule has 190 valence electrons. The van der Waals surface area contributed by atoms with Gasteiger partial charge in [-0.2, -0.15) is 9.49 Å². The highest BCUT2D eigenvalue weighted by molar-refractivity contribution is 7.13. The molecule has 38 heavy (non-hydrogen) atoms. The van der Waals surface area contributed by atoms with Crippen molar-refractivity contribution in [1.82, 2.24) is 35.5 Å². The third-order valence-electron chi connectivity index (χ3n) is 7.36. The van der Waals surface area contributed by atoms with Gasteiger partial charge in [-0.15, -0.1) is 11.3 Å². The summed E-state index contributed by atoms with van der Waals surface area (Å²) >= 11 is 1.06. The molecule has 3 N–H and O–H groups in total. The van der Waals surface area contributed by atoms with Crippen LogP contribution in [0.15, 0.2) is 61.1 Å². The van der Waals surface area contributed by atoms with Gasteiger partial charge < -0.3 is 10.3 Å². The molecular weight excluding hydrogens is 497 g/mol. The highest BCUT2D eigenvalue weighted by Crippen LogP contribution is 2.34. The first-order chi connectivity index (χ1) is 18.7. The van der Waals surface area contributed by atoms with Gasteiger partial charge in [0.1, 0.15) is 16.9 Å². The Morgan fingerprint density at radius 3 is 2.76 bits per heavy atom. The summed E-state index contributed by atoms with van der Waals surface area (Å²) in [6, 6.07) is 13.5. The van der Waals surface area contributed by atoms with Crippen LogP contribution in [0.5, 0.6) is 0 Å². The van der Waals surface area contributed by atoms with E-state index in [2.05, 4.69) is 48.7 Å². The van der Waals surface area contributed by atoms with Gasteiger partial charge in [0.2, 0.25) is 0 Å². The molecule has 6 aromatic rings. The lowest BCUT2D eigenvalue weighted by Gasteiger charge is -2.11. The highest BCUT2D eigenvalue weighted by Gasteiger charge is 2.18. The summed E-state index contributed by atoms with van der Waals surface area (Å²) in [5, 5.41) is 12.0. The Labute approximate surface area is 222 Å². The van der Waals surface area contributed by atoms with Gasteiger partial charge in [0, 0.05) is 36.1 Å². The Balaban J connectivity index is 1.20. The molecule has 1 aromatic carbocycles. The molecule has 1 aliphatic carbocycles. The number of thiophene rings is 1. The van der Waals surface area contributed by atoms with Crippen molar-refractivity contribution < 1.29 is 4.39 Å². The van der Waals surface area contributed by atoms with Crippen molar-refractivity contribution in [1.29, 1.82) is 0 Å². The van der Waals surface area contributed by atoms with Gasteiger partial charge in [-0.3, -0.25) is 15.1 Å². The monoisotopic (exact) mass is 523 g/mol. The van der Waals surface area contributed by atoms with Gasteiger partial charge in [0.05, 0.1) is 15.9 Å². The number of aromatic nitrogens is 6. The first-order valence-electron chi connectivity index (χ1n) is 13.0. The smallest absolute Gasteiger partial charge is 0.177 e. The lowest BCUT2D eigenvalue weighted by molar-refractivity contribution is 0.489. The molecule has 0 atom stereocenters. The molecular formula is C29H26FN7S. The summed E-state index contributed by atoms with van der Waals surface area (Å²) in [7, 11) is 0. The van der Waals surface area contributed by atoms with E-state index in [1.807, 2.05) is 24.5 Å². The lowest BCUT2D eigenvalue weighted by atomic mass is 10.0. The molecule has 7 nitrogen and oxygen atoms in total. The Bertz CT molecular complexity index is 1740. The second-order valence-electron chi connectivity index (χ2n) is 9.94. The maximum Gasteiger partial charge on any atom is 0.177 e. The molecule has 0 aliphatic heterocycles. The van der Waals surface area contributed by atoms with Crippen LogP contribution in [0.2, 0.25) is 0 Å². The zero-order chi connectivity index (χ0) is 25.5. The van der Waals surface area contributed by atoms with E-state index in [-0.39, 0.29) is 5.13 Å². The summed E-state index contributed by atoms with van der Waals surface area (Å²) in [5.74, 6) is 1.45. The number of benzene rings is 1. The van der Waals surface area contributed by atoms with Crippen molar-refractivity contribution in [3.05, 3.63) is 71.7 Å². The number of hydrogen-bond acceptors (Lipinski definition) is 6. The third kappa shape index (κ3) is 4.37. The second-order valence-corrected chi connectivity index (χ2v) is 11.0. The Morgan fingerprint density at radius 1 is 0.974 bits per heavy atom. The molecule has 0 bridgehead atoms. The van der Waals surface area contributed by atoms with E-state index in [1.165, 1.54) is 37.3 Å². The van der Waals surface area contributed by atoms with Gasteiger partial charge in [-0.1, -0.05) is 18.9 Å². The van der Waals surface area contributed by atoms with Crippen LogP contribution in [0.3, 0.4) is 0 Å². The molecule has 0 saturated heterocycles. The summed E-state index contributed by atoms with van der Waals surface area (Å²) < 4.78 is 13.7. The number of fused-ring (bicyclic) bond motifs is 2. The molecule has 0 amide bonds. The molecule has 9 heteroatoms. The number of halogens is 1. The second kappa shape index (κ2) is 9.74. The minimum absolute atomic E-state index is 0.247. The van der Waals surface area contributed by atoms with E-state index in [0.29, 0.717) is 17.0 Å². The van der Waals surface area contributed by atoms with Crippen LogP contribution in [0.4, 0.5) is 4.39 Å². The number of pyridine rings is 2. The van der Waals surface area contributed by atoms with Gasteiger partial charge in [-0.25, -0.2) is 4.98 Å². The van der Waals surface area contributed by atoms with E-state index in [0.717, 1.165) is 68.5 Å². The number of nitrogens with one attached hydrogen (secondary N) is 3. The molecule has 0 radical (unpaired) electrons. The first kappa shape index (κ1) is 23.2. The molecule has 1 aliphatic rings. The Morgan fingerprint density at radius 2 is 1.89 bits per heavy atom. The van der Waals surface area contributed by atoms with E-state index < -0.39 is 0 Å². The number of rotatable bonds is 7. The Kier molecular flexibility index (Phi) is 5.94. The van der Waals surface area contributed by atoms with E-state index in [1.54, 1.807) is 12.3 Å². The molecule has 0 unspecified atom stereocenters. The van der Waals surface area contributed by atoms with Crippen molar-refractivity contribution in [2.75, 3.05) is 6.54 Å². The van der Waals surface area contributed by atoms with Crippen LogP contribution >= 0.6 is 11.3 Å². The summed E-state index contributed by atoms with van der Waals surface area (Å²) in [5.41, 5.74) is 7.13. The molecule has 5 heterocycles. The van der Waals surface area contributed by atoms with Gasteiger partial charge in [-0.05, 0) is 72.8 Å². The Hall–Kier alpha value is -3.95. The van der Waals surface area contributed by atoms with Crippen LogP contribution in [0.25, 0.3) is 55.2 Å². The summed E-state index contributed by atoms with van der Waals surface area (Å²) in [6.07, 6.45) is 11.0. The molecule has 7 rings (SSSR count). The van der Waals surface area contributed by atoms with Crippen molar-refractivity contribution in [3.63, 3.8) is 0 Å². The quantitative estimate of drug-likeness (QED) is 0.216. The predicted molar refractivity (Wildman–Crippen MR) is 149 cm³/mol. The number of imidazole rings is 1. The normalized spacial score (nSPS) is 14.2. The SMILES string of the molecule is Fc1ccc(-c2nccc3[nH]c(-c4n[nH]c5ccc(-c6cncc(CNCC7CCCC7)c6)cc45)nc23)s1. The number of H-pyrrole nitrogens is 2. The van der Waals surface area contributed by atoms with Crippen LogP contribution < -0.4 is 5.32 Å². The van der Waals surface area contributed by atoms with Crippen molar-refractivity contribution in [3.8, 4) is 33.2 Å². The van der Waals surface area contributed by atoms with E-state index in [4.69, 9.17) is 4.98 Å². The first-order valence-corrected chi connectivity index (χ1v) is 13.8. The fourth-order valence-corrected chi connectivity index (χ4v) is 6.15. The van der Waals surface area contributed by atoms with Crippen molar-refractivity contribution >= 4 is 33.3 Å². The minimum atomic E-state index is -0.247. The van der Waals surface area contributed by atoms with Gasteiger partial charge in [0.25, 0.3) is 0 Å². The maximum atomic E-state index is 13.7. The number of hydrogen-bond donors (Lipinski definition) is 3. The molecule has 1 fully saturated rings. The zero-order valence-corrected chi connectivity index (χ0v) is 21.5. The molecule has 0 spiro atoms. The largest absolute Gasteiger partial charge is 0.336 e. The van der Waals surface area contributed by atoms with Crippen molar-refractivity contribution in [2.45, 2.75) is 32.2 Å².